The molecule has 0 saturated carbocycles. The molecular weight excluding hydrogens is 407 g/mol. The van der Waals surface area contributed by atoms with Crippen molar-refractivity contribution < 1.29 is 37.7 Å². The van der Waals surface area contributed by atoms with Gasteiger partial charge in [0.1, 0.15) is 17.3 Å². The number of benzene rings is 2. The molecule has 0 saturated heterocycles. The standard InChI is InChI=1S/C23H25FO7/c1-4-28-20(25)23(21(26)29-5-2,22(27)30-6-3)15-16-8-7-9-19(14-16)31-18-12-10-17(24)11-13-18/h7-14H,4-6,15H2,1-3H3. The average molecular weight is 432 g/mol. The Morgan fingerprint density at radius 3 is 1.77 bits per heavy atom. The summed E-state index contributed by atoms with van der Waals surface area (Å²) in [5, 5.41) is 0. The predicted octanol–water partition coefficient (Wildman–Crippen LogP) is 3.84. The van der Waals surface area contributed by atoms with Gasteiger partial charge in [-0.1, -0.05) is 12.1 Å². The Morgan fingerprint density at radius 1 is 0.774 bits per heavy atom. The molecule has 0 aliphatic heterocycles. The van der Waals surface area contributed by atoms with E-state index in [2.05, 4.69) is 0 Å². The highest BCUT2D eigenvalue weighted by Crippen LogP contribution is 2.31. The number of esters is 3. The molecule has 0 heterocycles. The first-order valence-corrected chi connectivity index (χ1v) is 9.91. The third kappa shape index (κ3) is 5.81. The molecule has 166 valence electrons. The minimum absolute atomic E-state index is 0.0346. The monoisotopic (exact) mass is 432 g/mol. The Bertz CT molecular complexity index is 863. The van der Waals surface area contributed by atoms with Crippen LogP contribution in [0.1, 0.15) is 26.3 Å². The van der Waals surface area contributed by atoms with E-state index >= 15 is 0 Å². The van der Waals surface area contributed by atoms with Crippen LogP contribution in [-0.2, 0) is 35.0 Å². The molecule has 0 spiro atoms. The van der Waals surface area contributed by atoms with Crippen LogP contribution in [0, 0.1) is 11.2 Å². The molecule has 0 aliphatic carbocycles. The molecule has 0 radical (unpaired) electrons. The summed E-state index contributed by atoms with van der Waals surface area (Å²) in [6.07, 6.45) is -0.343. The summed E-state index contributed by atoms with van der Waals surface area (Å²) in [5.41, 5.74) is -1.87. The van der Waals surface area contributed by atoms with Gasteiger partial charge in [0.25, 0.3) is 5.41 Å². The number of halogens is 1. The van der Waals surface area contributed by atoms with Crippen LogP contribution in [0.5, 0.6) is 11.5 Å². The molecule has 0 unspecified atom stereocenters. The SMILES string of the molecule is CCOC(=O)C(Cc1cccc(Oc2ccc(F)cc2)c1)(C(=O)OCC)C(=O)OCC. The van der Waals surface area contributed by atoms with E-state index in [4.69, 9.17) is 18.9 Å². The van der Waals surface area contributed by atoms with Gasteiger partial charge in [-0.05, 0) is 62.7 Å². The average Bonchev–Trinajstić information content (AvgIpc) is 2.74. The van der Waals surface area contributed by atoms with E-state index in [0.717, 1.165) is 0 Å². The lowest BCUT2D eigenvalue weighted by atomic mass is 9.81. The van der Waals surface area contributed by atoms with E-state index < -0.39 is 29.1 Å². The Hall–Kier alpha value is -3.42. The first-order valence-electron chi connectivity index (χ1n) is 9.91. The number of rotatable bonds is 10. The van der Waals surface area contributed by atoms with Crippen LogP contribution in [0.2, 0.25) is 0 Å². The zero-order valence-corrected chi connectivity index (χ0v) is 17.7. The number of ether oxygens (including phenoxy) is 4. The molecule has 0 aliphatic rings. The van der Waals surface area contributed by atoms with Gasteiger partial charge >= 0.3 is 17.9 Å². The van der Waals surface area contributed by atoms with Gasteiger partial charge in [-0.25, -0.2) is 4.39 Å². The predicted molar refractivity (Wildman–Crippen MR) is 109 cm³/mol. The minimum Gasteiger partial charge on any atom is -0.465 e. The lowest BCUT2D eigenvalue weighted by Gasteiger charge is -2.27. The summed E-state index contributed by atoms with van der Waals surface area (Å²) >= 11 is 0. The molecule has 0 atom stereocenters. The Morgan fingerprint density at radius 2 is 1.29 bits per heavy atom. The van der Waals surface area contributed by atoms with E-state index in [9.17, 15) is 18.8 Å². The van der Waals surface area contributed by atoms with Gasteiger partial charge in [-0.2, -0.15) is 0 Å². The quantitative estimate of drug-likeness (QED) is 0.320. The summed E-state index contributed by atoms with van der Waals surface area (Å²) in [6, 6.07) is 11.9. The fourth-order valence-electron chi connectivity index (χ4n) is 2.89. The van der Waals surface area contributed by atoms with Gasteiger partial charge in [0.15, 0.2) is 0 Å². The van der Waals surface area contributed by atoms with Crippen LogP contribution < -0.4 is 4.74 Å². The van der Waals surface area contributed by atoms with Crippen LogP contribution in [0.25, 0.3) is 0 Å². The van der Waals surface area contributed by atoms with Gasteiger partial charge < -0.3 is 18.9 Å². The Balaban J connectivity index is 2.42. The first kappa shape index (κ1) is 23.9. The molecule has 8 heteroatoms. The third-order valence-corrected chi connectivity index (χ3v) is 4.29. The summed E-state index contributed by atoms with van der Waals surface area (Å²) in [6.45, 7) is 4.59. The van der Waals surface area contributed by atoms with Crippen molar-refractivity contribution in [1.82, 2.24) is 0 Å². The molecule has 2 rings (SSSR count). The van der Waals surface area contributed by atoms with Crippen molar-refractivity contribution in [2.24, 2.45) is 5.41 Å². The highest BCUT2D eigenvalue weighted by atomic mass is 19.1. The first-order chi connectivity index (χ1) is 14.9. The minimum atomic E-state index is -2.31. The second-order valence-corrected chi connectivity index (χ2v) is 6.45. The van der Waals surface area contributed by atoms with Crippen LogP contribution >= 0.6 is 0 Å². The molecule has 0 N–H and O–H groups in total. The van der Waals surface area contributed by atoms with Crippen molar-refractivity contribution in [2.45, 2.75) is 27.2 Å². The topological polar surface area (TPSA) is 88.1 Å². The smallest absolute Gasteiger partial charge is 0.335 e. The highest BCUT2D eigenvalue weighted by molar-refractivity contribution is 6.18. The fraction of sp³-hybridized carbons (Fsp3) is 0.348. The summed E-state index contributed by atoms with van der Waals surface area (Å²) < 4.78 is 33.9. The van der Waals surface area contributed by atoms with Crippen molar-refractivity contribution in [3.8, 4) is 11.5 Å². The second kappa shape index (κ2) is 11.1. The molecule has 2 aromatic carbocycles. The van der Waals surface area contributed by atoms with Crippen molar-refractivity contribution in [3.63, 3.8) is 0 Å². The van der Waals surface area contributed by atoms with Gasteiger partial charge in [0.05, 0.1) is 19.8 Å². The normalized spacial score (nSPS) is 10.8. The molecule has 0 aromatic heterocycles. The number of hydrogen-bond donors (Lipinski definition) is 0. The zero-order chi connectivity index (χ0) is 22.9. The fourth-order valence-corrected chi connectivity index (χ4v) is 2.89. The summed E-state index contributed by atoms with van der Waals surface area (Å²) in [5.74, 6) is -2.77. The molecule has 0 bridgehead atoms. The van der Waals surface area contributed by atoms with Crippen LogP contribution in [-0.4, -0.2) is 37.7 Å². The summed E-state index contributed by atoms with van der Waals surface area (Å²) in [4.78, 5) is 38.5. The molecule has 0 fully saturated rings. The van der Waals surface area contributed by atoms with Crippen molar-refractivity contribution in [1.29, 1.82) is 0 Å². The lowest BCUT2D eigenvalue weighted by molar-refractivity contribution is -0.183. The van der Waals surface area contributed by atoms with E-state index in [1.807, 2.05) is 0 Å². The molecule has 31 heavy (non-hydrogen) atoms. The van der Waals surface area contributed by atoms with Crippen molar-refractivity contribution in [2.75, 3.05) is 19.8 Å². The lowest BCUT2D eigenvalue weighted by Crippen LogP contribution is -2.51. The molecule has 7 nitrogen and oxygen atoms in total. The number of carbonyl (C=O) groups is 3. The van der Waals surface area contributed by atoms with Gasteiger partial charge in [0.2, 0.25) is 0 Å². The van der Waals surface area contributed by atoms with Crippen molar-refractivity contribution in [3.05, 3.63) is 59.9 Å². The molecule has 2 aromatic rings. The highest BCUT2D eigenvalue weighted by Gasteiger charge is 2.57. The maximum Gasteiger partial charge on any atom is 0.335 e. The van der Waals surface area contributed by atoms with Crippen LogP contribution in [0.4, 0.5) is 4.39 Å². The van der Waals surface area contributed by atoms with E-state index in [1.54, 1.807) is 45.0 Å². The largest absolute Gasteiger partial charge is 0.465 e. The number of hydrogen-bond acceptors (Lipinski definition) is 7. The van der Waals surface area contributed by atoms with Gasteiger partial charge in [0, 0.05) is 6.42 Å². The Labute approximate surface area is 180 Å². The van der Waals surface area contributed by atoms with Crippen molar-refractivity contribution >= 4 is 17.9 Å². The third-order valence-electron chi connectivity index (χ3n) is 4.29. The molecule has 0 amide bonds. The second-order valence-electron chi connectivity index (χ2n) is 6.45. The van der Waals surface area contributed by atoms with E-state index in [1.165, 1.54) is 24.3 Å². The number of carbonyl (C=O) groups excluding carboxylic acids is 3. The van der Waals surface area contributed by atoms with E-state index in [-0.39, 0.29) is 26.2 Å². The maximum atomic E-state index is 13.1. The van der Waals surface area contributed by atoms with Gasteiger partial charge in [-0.15, -0.1) is 0 Å². The zero-order valence-electron chi connectivity index (χ0n) is 17.7. The van der Waals surface area contributed by atoms with Crippen LogP contribution in [0.3, 0.4) is 0 Å². The molecular formula is C23H25FO7. The van der Waals surface area contributed by atoms with Crippen LogP contribution in [0.15, 0.2) is 48.5 Å². The van der Waals surface area contributed by atoms with E-state index in [0.29, 0.717) is 17.1 Å². The maximum absolute atomic E-state index is 13.1. The van der Waals surface area contributed by atoms with Gasteiger partial charge in [-0.3, -0.25) is 14.4 Å². The Kier molecular flexibility index (Phi) is 8.54. The summed E-state index contributed by atoms with van der Waals surface area (Å²) in [7, 11) is 0.